The third-order valence-electron chi connectivity index (χ3n) is 3.19. The van der Waals surface area contributed by atoms with Crippen LogP contribution in [0.4, 0.5) is 0 Å². The van der Waals surface area contributed by atoms with Crippen molar-refractivity contribution in [3.8, 4) is 5.75 Å². The second kappa shape index (κ2) is 9.56. The van der Waals surface area contributed by atoms with Crippen LogP contribution in [0.2, 0.25) is 10.0 Å². The predicted molar refractivity (Wildman–Crippen MR) is 105 cm³/mol. The van der Waals surface area contributed by atoms with Crippen molar-refractivity contribution in [3.05, 3.63) is 62.0 Å². The van der Waals surface area contributed by atoms with Gasteiger partial charge in [0, 0.05) is 18.5 Å². The van der Waals surface area contributed by atoms with E-state index >= 15 is 0 Å². The summed E-state index contributed by atoms with van der Waals surface area (Å²) in [5.41, 5.74) is 3.41. The van der Waals surface area contributed by atoms with E-state index in [2.05, 4.69) is 31.8 Å². The van der Waals surface area contributed by atoms with Gasteiger partial charge in [-0.05, 0) is 57.9 Å². The van der Waals surface area contributed by atoms with Crippen molar-refractivity contribution in [2.24, 2.45) is 5.10 Å². The van der Waals surface area contributed by atoms with Crippen LogP contribution in [0.25, 0.3) is 0 Å². The molecule has 9 heteroatoms. The predicted octanol–water partition coefficient (Wildman–Crippen LogP) is 3.73. The summed E-state index contributed by atoms with van der Waals surface area (Å²) in [6.07, 6.45) is 1.50. The fourth-order valence-electron chi connectivity index (χ4n) is 1.87. The Morgan fingerprint density at radius 3 is 2.62 bits per heavy atom. The maximum Gasteiger partial charge on any atom is 0.251 e. The Bertz CT molecular complexity index is 859. The van der Waals surface area contributed by atoms with E-state index < -0.39 is 0 Å². The summed E-state index contributed by atoms with van der Waals surface area (Å²) in [6.45, 7) is 0.144. The molecule has 0 aliphatic rings. The zero-order valence-corrected chi connectivity index (χ0v) is 16.4. The fourth-order valence-corrected chi connectivity index (χ4v) is 2.56. The third-order valence-corrected chi connectivity index (χ3v) is 4.57. The molecule has 0 saturated heterocycles. The molecule has 0 radical (unpaired) electrons. The van der Waals surface area contributed by atoms with Crippen LogP contribution in [0.3, 0.4) is 0 Å². The molecular formula is C17H14BrCl2N3O3. The molecule has 0 fully saturated rings. The molecule has 2 rings (SSSR count). The van der Waals surface area contributed by atoms with Gasteiger partial charge in [-0.1, -0.05) is 23.2 Å². The maximum atomic E-state index is 11.9. The van der Waals surface area contributed by atoms with Crippen molar-refractivity contribution in [2.75, 3.05) is 6.54 Å². The zero-order valence-electron chi connectivity index (χ0n) is 13.3. The zero-order chi connectivity index (χ0) is 19.1. The van der Waals surface area contributed by atoms with E-state index in [1.54, 1.807) is 18.2 Å². The summed E-state index contributed by atoms with van der Waals surface area (Å²) in [7, 11) is 0. The molecule has 3 N–H and O–H groups in total. The largest absolute Gasteiger partial charge is 0.507 e. The minimum absolute atomic E-state index is 0.0592. The minimum atomic E-state index is -0.353. The second-order valence-electron chi connectivity index (χ2n) is 5.14. The number of halogens is 3. The van der Waals surface area contributed by atoms with E-state index in [9.17, 15) is 14.7 Å². The normalized spacial score (nSPS) is 10.7. The highest BCUT2D eigenvalue weighted by molar-refractivity contribution is 9.10. The molecule has 0 atom stereocenters. The van der Waals surface area contributed by atoms with E-state index in [-0.39, 0.29) is 35.6 Å². The lowest BCUT2D eigenvalue weighted by molar-refractivity contribution is -0.120. The van der Waals surface area contributed by atoms with Crippen LogP contribution in [0.5, 0.6) is 5.75 Å². The van der Waals surface area contributed by atoms with Crippen molar-refractivity contribution in [1.29, 1.82) is 0 Å². The lowest BCUT2D eigenvalue weighted by Crippen LogP contribution is -2.29. The van der Waals surface area contributed by atoms with Gasteiger partial charge in [-0.3, -0.25) is 9.59 Å². The second-order valence-corrected chi connectivity index (χ2v) is 6.81. The number of rotatable bonds is 6. The molecule has 0 aliphatic heterocycles. The molecule has 0 aromatic heterocycles. The standard InChI is InChI=1S/C17H14BrCl2N3O3/c18-12-7-10(1-4-15(12)24)9-22-23-16(25)5-6-21-17(26)11-2-3-13(19)14(20)8-11/h1-4,7-9,24H,5-6H2,(H,21,26)(H,23,25). The summed E-state index contributed by atoms with van der Waals surface area (Å²) in [5.74, 6) is -0.591. The van der Waals surface area contributed by atoms with E-state index in [4.69, 9.17) is 23.2 Å². The van der Waals surface area contributed by atoms with Gasteiger partial charge in [-0.2, -0.15) is 5.10 Å². The van der Waals surface area contributed by atoms with Crippen LogP contribution < -0.4 is 10.7 Å². The number of hydrogen-bond acceptors (Lipinski definition) is 4. The Labute approximate surface area is 168 Å². The lowest BCUT2D eigenvalue weighted by atomic mass is 10.2. The van der Waals surface area contributed by atoms with Crippen LogP contribution in [0.15, 0.2) is 46.0 Å². The van der Waals surface area contributed by atoms with E-state index in [1.165, 1.54) is 24.4 Å². The highest BCUT2D eigenvalue weighted by Crippen LogP contribution is 2.23. The molecule has 6 nitrogen and oxygen atoms in total. The van der Waals surface area contributed by atoms with Gasteiger partial charge in [0.15, 0.2) is 0 Å². The Morgan fingerprint density at radius 2 is 1.92 bits per heavy atom. The average molecular weight is 459 g/mol. The molecule has 0 heterocycles. The highest BCUT2D eigenvalue weighted by atomic mass is 79.9. The van der Waals surface area contributed by atoms with Gasteiger partial charge in [-0.15, -0.1) is 0 Å². The number of nitrogens with zero attached hydrogens (tertiary/aromatic N) is 1. The van der Waals surface area contributed by atoms with E-state index in [0.29, 0.717) is 20.6 Å². The summed E-state index contributed by atoms with van der Waals surface area (Å²) in [6, 6.07) is 9.34. The number of carbonyl (C=O) groups is 2. The van der Waals surface area contributed by atoms with Crippen LogP contribution in [-0.2, 0) is 4.79 Å². The summed E-state index contributed by atoms with van der Waals surface area (Å²) >= 11 is 14.8. The maximum absolute atomic E-state index is 11.9. The van der Waals surface area contributed by atoms with Gasteiger partial charge in [0.2, 0.25) is 5.91 Å². The van der Waals surface area contributed by atoms with Crippen LogP contribution in [0, 0.1) is 0 Å². The number of aromatic hydroxyl groups is 1. The first kappa shape index (κ1) is 20.2. The summed E-state index contributed by atoms with van der Waals surface area (Å²) in [5, 5.41) is 16.5. The molecule has 2 amide bonds. The molecule has 0 saturated carbocycles. The summed E-state index contributed by atoms with van der Waals surface area (Å²) in [4.78, 5) is 23.7. The molecule has 2 aromatic carbocycles. The van der Waals surface area contributed by atoms with Crippen LogP contribution >= 0.6 is 39.1 Å². The van der Waals surface area contributed by atoms with Crippen molar-refractivity contribution < 1.29 is 14.7 Å². The Morgan fingerprint density at radius 1 is 1.15 bits per heavy atom. The first-order chi connectivity index (χ1) is 12.4. The number of amides is 2. The molecule has 2 aromatic rings. The fraction of sp³-hybridized carbons (Fsp3) is 0.118. The van der Waals surface area contributed by atoms with Crippen LogP contribution in [0.1, 0.15) is 22.3 Å². The molecule has 0 aliphatic carbocycles. The molecule has 26 heavy (non-hydrogen) atoms. The molecule has 0 unspecified atom stereocenters. The number of carbonyl (C=O) groups excluding carboxylic acids is 2. The van der Waals surface area contributed by atoms with Gasteiger partial charge in [0.1, 0.15) is 5.75 Å². The smallest absolute Gasteiger partial charge is 0.251 e. The number of phenols is 1. The molecule has 0 bridgehead atoms. The van der Waals surface area contributed by atoms with Gasteiger partial charge >= 0.3 is 0 Å². The Kier molecular flexibility index (Phi) is 7.44. The Hall–Kier alpha value is -2.09. The first-order valence-corrected chi connectivity index (χ1v) is 8.95. The highest BCUT2D eigenvalue weighted by Gasteiger charge is 2.08. The van der Waals surface area contributed by atoms with Gasteiger partial charge in [0.25, 0.3) is 5.91 Å². The SMILES string of the molecule is O=C(CCNC(=O)c1ccc(Cl)c(Cl)c1)NN=Cc1ccc(O)c(Br)c1. The van der Waals surface area contributed by atoms with Crippen LogP contribution in [-0.4, -0.2) is 29.7 Å². The number of nitrogens with one attached hydrogen (secondary N) is 2. The topological polar surface area (TPSA) is 90.8 Å². The van der Waals surface area contributed by atoms with Gasteiger partial charge in [-0.25, -0.2) is 5.43 Å². The van der Waals surface area contributed by atoms with Crippen molar-refractivity contribution >= 4 is 57.2 Å². The third kappa shape index (κ3) is 6.01. The quantitative estimate of drug-likeness (QED) is 0.455. The number of hydrogen-bond donors (Lipinski definition) is 3. The molecular weight excluding hydrogens is 445 g/mol. The molecule has 0 spiro atoms. The minimum Gasteiger partial charge on any atom is -0.507 e. The first-order valence-electron chi connectivity index (χ1n) is 7.40. The summed E-state index contributed by atoms with van der Waals surface area (Å²) < 4.78 is 0.526. The number of hydrazone groups is 1. The van der Waals surface area contributed by atoms with Crippen molar-refractivity contribution in [3.63, 3.8) is 0 Å². The monoisotopic (exact) mass is 457 g/mol. The van der Waals surface area contributed by atoms with E-state index in [0.717, 1.165) is 0 Å². The van der Waals surface area contributed by atoms with E-state index in [1.807, 2.05) is 0 Å². The number of benzene rings is 2. The Balaban J connectivity index is 1.76. The van der Waals surface area contributed by atoms with Gasteiger partial charge < -0.3 is 10.4 Å². The van der Waals surface area contributed by atoms with Crippen molar-refractivity contribution in [1.82, 2.24) is 10.7 Å². The van der Waals surface area contributed by atoms with Crippen molar-refractivity contribution in [2.45, 2.75) is 6.42 Å². The average Bonchev–Trinajstić information content (AvgIpc) is 2.60. The molecule has 136 valence electrons. The van der Waals surface area contributed by atoms with Gasteiger partial charge in [0.05, 0.1) is 20.7 Å². The lowest BCUT2D eigenvalue weighted by Gasteiger charge is -2.05. The number of phenolic OH excluding ortho intramolecular Hbond substituents is 1.